The highest BCUT2D eigenvalue weighted by molar-refractivity contribution is 7.99. The molecular formula is C19H12ClN3O2S2. The first-order valence-corrected chi connectivity index (χ1v) is 9.95. The number of carbonyl (C=O) groups is 1. The maximum absolute atomic E-state index is 11.2. The van der Waals surface area contributed by atoms with E-state index >= 15 is 0 Å². The van der Waals surface area contributed by atoms with Crippen LogP contribution >= 0.6 is 34.7 Å². The maximum Gasteiger partial charge on any atom is 0.355 e. The summed E-state index contributed by atoms with van der Waals surface area (Å²) in [7, 11) is 0. The summed E-state index contributed by atoms with van der Waals surface area (Å²) in [5.74, 6) is -1.05. The van der Waals surface area contributed by atoms with Gasteiger partial charge in [-0.1, -0.05) is 41.6 Å². The average Bonchev–Trinajstić information content (AvgIpc) is 3.31. The highest BCUT2D eigenvalue weighted by Crippen LogP contribution is 2.37. The summed E-state index contributed by atoms with van der Waals surface area (Å²) < 4.78 is 1.77. The lowest BCUT2D eigenvalue weighted by Gasteiger charge is -2.00. The summed E-state index contributed by atoms with van der Waals surface area (Å²) in [6, 6.07) is 17.3. The minimum atomic E-state index is -1.05. The van der Waals surface area contributed by atoms with Crippen molar-refractivity contribution < 1.29 is 9.90 Å². The minimum Gasteiger partial charge on any atom is -0.476 e. The molecule has 8 heteroatoms. The van der Waals surface area contributed by atoms with Gasteiger partial charge in [-0.25, -0.2) is 14.5 Å². The van der Waals surface area contributed by atoms with E-state index in [0.29, 0.717) is 15.7 Å². The Labute approximate surface area is 168 Å². The Morgan fingerprint density at radius 3 is 2.52 bits per heavy atom. The fourth-order valence-electron chi connectivity index (χ4n) is 2.40. The summed E-state index contributed by atoms with van der Waals surface area (Å²) in [5, 5.41) is 16.6. The Morgan fingerprint density at radius 2 is 1.85 bits per heavy atom. The number of rotatable bonds is 5. The molecular weight excluding hydrogens is 402 g/mol. The van der Waals surface area contributed by atoms with Gasteiger partial charge in [0.1, 0.15) is 10.7 Å². The Balaban J connectivity index is 1.78. The molecule has 2 aromatic heterocycles. The Morgan fingerprint density at radius 1 is 1.11 bits per heavy atom. The van der Waals surface area contributed by atoms with Crippen LogP contribution in [0.5, 0.6) is 0 Å². The smallest absolute Gasteiger partial charge is 0.355 e. The lowest BCUT2D eigenvalue weighted by atomic mass is 10.3. The summed E-state index contributed by atoms with van der Waals surface area (Å²) >= 11 is 8.76. The molecule has 0 aliphatic rings. The third kappa shape index (κ3) is 3.90. The molecule has 27 heavy (non-hydrogen) atoms. The zero-order chi connectivity index (χ0) is 18.8. The van der Waals surface area contributed by atoms with Crippen molar-refractivity contribution in [3.05, 3.63) is 76.9 Å². The van der Waals surface area contributed by atoms with Gasteiger partial charge in [-0.2, -0.15) is 5.10 Å². The van der Waals surface area contributed by atoms with Crippen molar-refractivity contribution in [3.63, 3.8) is 0 Å². The second-order valence-electron chi connectivity index (χ2n) is 5.52. The molecule has 5 nitrogen and oxygen atoms in total. The first-order valence-electron chi connectivity index (χ1n) is 7.88. The number of aromatic carboxylic acids is 1. The van der Waals surface area contributed by atoms with Gasteiger partial charge < -0.3 is 5.11 Å². The monoisotopic (exact) mass is 413 g/mol. The standard InChI is InChI=1S/C19H12ClN3O2S2/c20-12-6-8-14(9-7-12)27-16-10-23(13-4-2-1-3-5-13)22-17(16)18-21-15(11-26-18)19(24)25/h1-11H,(H,24,25). The second kappa shape index (κ2) is 7.56. The van der Waals surface area contributed by atoms with Gasteiger partial charge in [0.25, 0.3) is 0 Å². The van der Waals surface area contributed by atoms with E-state index in [1.807, 2.05) is 60.8 Å². The molecule has 2 aromatic carbocycles. The van der Waals surface area contributed by atoms with Crippen molar-refractivity contribution in [2.24, 2.45) is 0 Å². The first-order chi connectivity index (χ1) is 13.1. The largest absolute Gasteiger partial charge is 0.476 e. The molecule has 0 unspecified atom stereocenters. The molecule has 0 fully saturated rings. The molecule has 0 bridgehead atoms. The number of carboxylic acid groups (broad SMARTS) is 1. The summed E-state index contributed by atoms with van der Waals surface area (Å²) in [4.78, 5) is 17.3. The van der Waals surface area contributed by atoms with Crippen LogP contribution in [0.1, 0.15) is 10.5 Å². The number of aromatic nitrogens is 3. The minimum absolute atomic E-state index is 0.0201. The second-order valence-corrected chi connectivity index (χ2v) is 7.93. The molecule has 1 N–H and O–H groups in total. The van der Waals surface area contributed by atoms with E-state index in [9.17, 15) is 4.79 Å². The molecule has 0 aliphatic carbocycles. The average molecular weight is 414 g/mol. The van der Waals surface area contributed by atoms with E-state index in [0.717, 1.165) is 15.5 Å². The van der Waals surface area contributed by atoms with Crippen molar-refractivity contribution in [3.8, 4) is 16.4 Å². The molecule has 4 rings (SSSR count). The van der Waals surface area contributed by atoms with Gasteiger partial charge in [-0.3, -0.25) is 0 Å². The van der Waals surface area contributed by atoms with Crippen LogP contribution < -0.4 is 0 Å². The molecule has 134 valence electrons. The number of thiazole rings is 1. The summed E-state index contributed by atoms with van der Waals surface area (Å²) in [5.41, 5.74) is 1.58. The van der Waals surface area contributed by atoms with Crippen LogP contribution in [0.4, 0.5) is 0 Å². The number of halogens is 1. The zero-order valence-corrected chi connectivity index (χ0v) is 16.1. The molecule has 0 amide bonds. The first kappa shape index (κ1) is 17.8. The Kier molecular flexibility index (Phi) is 4.98. The van der Waals surface area contributed by atoms with E-state index in [-0.39, 0.29) is 5.69 Å². The number of hydrogen-bond donors (Lipinski definition) is 1. The molecule has 4 aromatic rings. The normalized spacial score (nSPS) is 10.9. The van der Waals surface area contributed by atoms with Gasteiger partial charge in [0, 0.05) is 21.5 Å². The zero-order valence-electron chi connectivity index (χ0n) is 13.7. The molecule has 0 radical (unpaired) electrons. The topological polar surface area (TPSA) is 68.0 Å². The van der Waals surface area contributed by atoms with Crippen molar-refractivity contribution in [1.82, 2.24) is 14.8 Å². The van der Waals surface area contributed by atoms with Gasteiger partial charge in [0.2, 0.25) is 0 Å². The SMILES string of the molecule is O=C(O)c1csc(-c2nn(-c3ccccc3)cc2Sc2ccc(Cl)cc2)n1. The van der Waals surface area contributed by atoms with Gasteiger partial charge in [0.05, 0.1) is 10.6 Å². The lowest BCUT2D eigenvalue weighted by Crippen LogP contribution is -1.96. The van der Waals surface area contributed by atoms with E-state index in [2.05, 4.69) is 10.1 Å². The van der Waals surface area contributed by atoms with Crippen LogP contribution in [-0.4, -0.2) is 25.8 Å². The molecule has 0 atom stereocenters. The molecule has 2 heterocycles. The van der Waals surface area contributed by atoms with E-state index in [4.69, 9.17) is 16.7 Å². The third-order valence-corrected chi connectivity index (χ3v) is 5.80. The van der Waals surface area contributed by atoms with Crippen LogP contribution in [0, 0.1) is 0 Å². The van der Waals surface area contributed by atoms with Gasteiger partial charge in [0.15, 0.2) is 5.69 Å². The predicted molar refractivity (Wildman–Crippen MR) is 107 cm³/mol. The highest BCUT2D eigenvalue weighted by Gasteiger charge is 2.18. The van der Waals surface area contributed by atoms with Crippen LogP contribution in [0.25, 0.3) is 16.4 Å². The summed E-state index contributed by atoms with van der Waals surface area (Å²) in [6.07, 6.45) is 1.92. The predicted octanol–water partition coefficient (Wildman–Crippen LogP) is 5.50. The molecule has 0 saturated carbocycles. The van der Waals surface area contributed by atoms with Crippen molar-refractivity contribution in [1.29, 1.82) is 0 Å². The summed E-state index contributed by atoms with van der Waals surface area (Å²) in [6.45, 7) is 0. The van der Waals surface area contributed by atoms with Crippen LogP contribution in [0.2, 0.25) is 5.02 Å². The van der Waals surface area contributed by atoms with E-state index in [1.54, 1.807) is 4.68 Å². The van der Waals surface area contributed by atoms with E-state index in [1.165, 1.54) is 28.5 Å². The van der Waals surface area contributed by atoms with Crippen molar-refractivity contribution in [2.45, 2.75) is 9.79 Å². The lowest BCUT2D eigenvalue weighted by molar-refractivity contribution is 0.0691. The van der Waals surface area contributed by atoms with E-state index < -0.39 is 5.97 Å². The quantitative estimate of drug-likeness (QED) is 0.468. The molecule has 0 saturated heterocycles. The van der Waals surface area contributed by atoms with Crippen molar-refractivity contribution >= 4 is 40.7 Å². The fourth-order valence-corrected chi connectivity index (χ4v) is 4.30. The van der Waals surface area contributed by atoms with Gasteiger partial charge in [-0.05, 0) is 36.4 Å². The van der Waals surface area contributed by atoms with Crippen LogP contribution in [0.3, 0.4) is 0 Å². The number of nitrogens with zero attached hydrogens (tertiary/aromatic N) is 3. The third-order valence-electron chi connectivity index (χ3n) is 3.67. The van der Waals surface area contributed by atoms with Crippen LogP contribution in [0.15, 0.2) is 76.0 Å². The van der Waals surface area contributed by atoms with Crippen LogP contribution in [-0.2, 0) is 0 Å². The van der Waals surface area contributed by atoms with Gasteiger partial charge in [-0.15, -0.1) is 11.3 Å². The molecule has 0 aliphatic heterocycles. The van der Waals surface area contributed by atoms with Gasteiger partial charge >= 0.3 is 5.97 Å². The highest BCUT2D eigenvalue weighted by atomic mass is 35.5. The fraction of sp³-hybridized carbons (Fsp3) is 0. The number of benzene rings is 2. The number of hydrogen-bond acceptors (Lipinski definition) is 5. The number of para-hydroxylation sites is 1. The Hall–Kier alpha value is -2.61. The van der Waals surface area contributed by atoms with Crippen molar-refractivity contribution in [2.75, 3.05) is 0 Å². The Bertz CT molecular complexity index is 1090. The number of carboxylic acids is 1. The maximum atomic E-state index is 11.2. The molecule has 0 spiro atoms.